The highest BCUT2D eigenvalue weighted by atomic mass is 16.3. The van der Waals surface area contributed by atoms with E-state index in [2.05, 4.69) is 63.3 Å². The molecule has 0 radical (unpaired) electrons. The van der Waals surface area contributed by atoms with Gasteiger partial charge in [0.2, 0.25) is 0 Å². The molecule has 2 N–H and O–H groups in total. The lowest BCUT2D eigenvalue weighted by Gasteiger charge is -2.21. The minimum absolute atomic E-state index is 0.209. The molecule has 0 amide bonds. The Hall–Kier alpha value is -1.80. The molecule has 2 nitrogen and oxygen atoms in total. The predicted octanol–water partition coefficient (Wildman–Crippen LogP) is 5.04. The van der Waals surface area contributed by atoms with E-state index >= 15 is 0 Å². The SMILES string of the molecule is CC(C)NCCC(c1ccccc1)c1cc(C(C)C)ccc1O. The fourth-order valence-electron chi connectivity index (χ4n) is 2.91. The smallest absolute Gasteiger partial charge is 0.119 e. The summed E-state index contributed by atoms with van der Waals surface area (Å²) < 4.78 is 0. The van der Waals surface area contributed by atoms with Crippen LogP contribution in [0.15, 0.2) is 48.5 Å². The van der Waals surface area contributed by atoms with Crippen LogP contribution in [0.1, 0.15) is 62.6 Å². The van der Waals surface area contributed by atoms with E-state index in [0.717, 1.165) is 18.5 Å². The molecule has 0 spiro atoms. The van der Waals surface area contributed by atoms with Gasteiger partial charge in [0.15, 0.2) is 0 Å². The topological polar surface area (TPSA) is 32.3 Å². The van der Waals surface area contributed by atoms with Crippen LogP contribution >= 0.6 is 0 Å². The summed E-state index contributed by atoms with van der Waals surface area (Å²) in [6.45, 7) is 9.63. The van der Waals surface area contributed by atoms with E-state index in [9.17, 15) is 5.11 Å². The molecular formula is C21H29NO. The lowest BCUT2D eigenvalue weighted by molar-refractivity contribution is 0.459. The quantitative estimate of drug-likeness (QED) is 0.751. The Balaban J connectivity index is 2.35. The van der Waals surface area contributed by atoms with Crippen LogP contribution in [0.5, 0.6) is 5.75 Å². The molecule has 1 unspecified atom stereocenters. The van der Waals surface area contributed by atoms with E-state index in [1.165, 1.54) is 11.1 Å². The third kappa shape index (κ3) is 4.84. The van der Waals surface area contributed by atoms with Gasteiger partial charge in [-0.25, -0.2) is 0 Å². The standard InChI is InChI=1S/C21H29NO/c1-15(2)18-10-11-21(23)20(14-18)19(12-13-22-16(3)4)17-8-6-5-7-9-17/h5-11,14-16,19,22-23H,12-13H2,1-4H3. The summed E-state index contributed by atoms with van der Waals surface area (Å²) in [5.74, 6) is 1.06. The monoisotopic (exact) mass is 311 g/mol. The largest absolute Gasteiger partial charge is 0.508 e. The zero-order valence-electron chi connectivity index (χ0n) is 14.7. The van der Waals surface area contributed by atoms with Gasteiger partial charge in [0, 0.05) is 17.5 Å². The van der Waals surface area contributed by atoms with Crippen LogP contribution < -0.4 is 5.32 Å². The summed E-state index contributed by atoms with van der Waals surface area (Å²) >= 11 is 0. The van der Waals surface area contributed by atoms with Crippen LogP contribution in [0.4, 0.5) is 0 Å². The maximum absolute atomic E-state index is 10.4. The first kappa shape index (κ1) is 17.6. The number of phenolic OH excluding ortho intramolecular Hbond substituents is 1. The van der Waals surface area contributed by atoms with Crippen LogP contribution in [0.25, 0.3) is 0 Å². The fourth-order valence-corrected chi connectivity index (χ4v) is 2.91. The second-order valence-electron chi connectivity index (χ2n) is 6.83. The van der Waals surface area contributed by atoms with Crippen LogP contribution in [0.2, 0.25) is 0 Å². The summed E-state index contributed by atoms with van der Waals surface area (Å²) in [4.78, 5) is 0. The maximum atomic E-state index is 10.4. The third-order valence-corrected chi connectivity index (χ3v) is 4.28. The number of benzene rings is 2. The molecule has 0 saturated heterocycles. The van der Waals surface area contributed by atoms with Crippen molar-refractivity contribution in [2.24, 2.45) is 0 Å². The molecule has 0 aromatic heterocycles. The number of phenols is 1. The van der Waals surface area contributed by atoms with Crippen molar-refractivity contribution < 1.29 is 5.11 Å². The molecule has 23 heavy (non-hydrogen) atoms. The van der Waals surface area contributed by atoms with Crippen molar-refractivity contribution in [2.75, 3.05) is 6.54 Å². The fraction of sp³-hybridized carbons (Fsp3) is 0.429. The molecular weight excluding hydrogens is 282 g/mol. The minimum atomic E-state index is 0.209. The van der Waals surface area contributed by atoms with Crippen LogP contribution in [-0.2, 0) is 0 Å². The Bertz CT molecular complexity index is 604. The second-order valence-corrected chi connectivity index (χ2v) is 6.83. The first-order valence-corrected chi connectivity index (χ1v) is 8.60. The van der Waals surface area contributed by atoms with Gasteiger partial charge < -0.3 is 10.4 Å². The molecule has 2 aromatic rings. The van der Waals surface area contributed by atoms with Gasteiger partial charge in [0.1, 0.15) is 5.75 Å². The molecule has 1 atom stereocenters. The summed E-state index contributed by atoms with van der Waals surface area (Å²) in [5.41, 5.74) is 3.57. The second kappa shape index (κ2) is 8.16. The van der Waals surface area contributed by atoms with Crippen molar-refractivity contribution in [1.82, 2.24) is 5.32 Å². The highest BCUT2D eigenvalue weighted by Crippen LogP contribution is 2.35. The molecule has 0 aliphatic heterocycles. The van der Waals surface area contributed by atoms with Gasteiger partial charge in [-0.05, 0) is 36.1 Å². The zero-order chi connectivity index (χ0) is 16.8. The van der Waals surface area contributed by atoms with E-state index in [-0.39, 0.29) is 5.92 Å². The third-order valence-electron chi connectivity index (χ3n) is 4.28. The van der Waals surface area contributed by atoms with Crippen molar-refractivity contribution in [3.63, 3.8) is 0 Å². The Labute approximate surface area is 140 Å². The lowest BCUT2D eigenvalue weighted by Crippen LogP contribution is -2.25. The highest BCUT2D eigenvalue weighted by Gasteiger charge is 2.18. The van der Waals surface area contributed by atoms with E-state index in [4.69, 9.17) is 0 Å². The summed E-state index contributed by atoms with van der Waals surface area (Å²) in [6, 6.07) is 17.0. The van der Waals surface area contributed by atoms with E-state index < -0.39 is 0 Å². The van der Waals surface area contributed by atoms with Gasteiger partial charge in [0.25, 0.3) is 0 Å². The van der Waals surface area contributed by atoms with Crippen molar-refractivity contribution in [1.29, 1.82) is 0 Å². The van der Waals surface area contributed by atoms with Gasteiger partial charge >= 0.3 is 0 Å². The molecule has 2 aromatic carbocycles. The number of rotatable bonds is 7. The zero-order valence-corrected chi connectivity index (χ0v) is 14.7. The summed E-state index contributed by atoms with van der Waals surface area (Å²) in [5, 5.41) is 13.9. The lowest BCUT2D eigenvalue weighted by atomic mass is 9.86. The van der Waals surface area contributed by atoms with E-state index in [1.54, 1.807) is 0 Å². The Kier molecular flexibility index (Phi) is 6.23. The van der Waals surface area contributed by atoms with Crippen molar-refractivity contribution in [3.8, 4) is 5.75 Å². The number of nitrogens with one attached hydrogen (secondary N) is 1. The van der Waals surface area contributed by atoms with Crippen molar-refractivity contribution in [2.45, 2.75) is 52.0 Å². The highest BCUT2D eigenvalue weighted by molar-refractivity contribution is 5.44. The predicted molar refractivity (Wildman–Crippen MR) is 98.2 cm³/mol. The molecule has 0 saturated carbocycles. The Morgan fingerprint density at radius 1 is 0.913 bits per heavy atom. The number of aromatic hydroxyl groups is 1. The van der Waals surface area contributed by atoms with Crippen molar-refractivity contribution >= 4 is 0 Å². The molecule has 0 heterocycles. The Morgan fingerprint density at radius 3 is 2.22 bits per heavy atom. The number of hydrogen-bond donors (Lipinski definition) is 2. The summed E-state index contributed by atoms with van der Waals surface area (Å²) in [6.07, 6.45) is 0.970. The molecule has 0 fully saturated rings. The number of hydrogen-bond acceptors (Lipinski definition) is 2. The average Bonchev–Trinajstić information content (AvgIpc) is 2.53. The molecule has 2 heteroatoms. The summed E-state index contributed by atoms with van der Waals surface area (Å²) in [7, 11) is 0. The molecule has 0 aliphatic carbocycles. The first-order valence-electron chi connectivity index (χ1n) is 8.60. The van der Waals surface area contributed by atoms with Crippen LogP contribution in [-0.4, -0.2) is 17.7 Å². The normalized spacial score (nSPS) is 12.8. The van der Waals surface area contributed by atoms with Gasteiger partial charge in [-0.2, -0.15) is 0 Å². The van der Waals surface area contributed by atoms with Gasteiger partial charge in [0.05, 0.1) is 0 Å². The van der Waals surface area contributed by atoms with Crippen LogP contribution in [0, 0.1) is 0 Å². The molecule has 0 aliphatic rings. The van der Waals surface area contributed by atoms with E-state index in [0.29, 0.717) is 17.7 Å². The average molecular weight is 311 g/mol. The van der Waals surface area contributed by atoms with Crippen molar-refractivity contribution in [3.05, 3.63) is 65.2 Å². The Morgan fingerprint density at radius 2 is 1.61 bits per heavy atom. The van der Waals surface area contributed by atoms with Gasteiger partial charge in [-0.3, -0.25) is 0 Å². The minimum Gasteiger partial charge on any atom is -0.508 e. The van der Waals surface area contributed by atoms with Crippen LogP contribution in [0.3, 0.4) is 0 Å². The molecule has 124 valence electrons. The van der Waals surface area contributed by atoms with Gasteiger partial charge in [-0.15, -0.1) is 0 Å². The van der Waals surface area contributed by atoms with E-state index in [1.807, 2.05) is 18.2 Å². The molecule has 0 bridgehead atoms. The maximum Gasteiger partial charge on any atom is 0.119 e. The molecule has 2 rings (SSSR count). The van der Waals surface area contributed by atoms with Gasteiger partial charge in [-0.1, -0.05) is 70.2 Å². The first-order chi connectivity index (χ1) is 11.0.